The lowest BCUT2D eigenvalue weighted by Gasteiger charge is -2.03. The van der Waals surface area contributed by atoms with E-state index in [2.05, 4.69) is 15.0 Å². The van der Waals surface area contributed by atoms with Gasteiger partial charge in [0.25, 0.3) is 0 Å². The van der Waals surface area contributed by atoms with Crippen molar-refractivity contribution in [1.82, 2.24) is 19.6 Å². The van der Waals surface area contributed by atoms with Crippen molar-refractivity contribution in [2.45, 2.75) is 13.8 Å². The van der Waals surface area contributed by atoms with Crippen LogP contribution >= 0.6 is 0 Å². The van der Waals surface area contributed by atoms with Crippen molar-refractivity contribution in [3.63, 3.8) is 0 Å². The maximum Gasteiger partial charge on any atom is 0.339 e. The molecule has 3 aromatic heterocycles. The molecule has 4 rings (SSSR count). The fraction of sp³-hybridized carbons (Fsp3) is 0.100. The lowest BCUT2D eigenvalue weighted by Crippen LogP contribution is -2.04. The molecule has 0 atom stereocenters. The van der Waals surface area contributed by atoms with Crippen LogP contribution in [0.1, 0.15) is 21.6 Å². The molecule has 28 heavy (non-hydrogen) atoms. The first-order valence-corrected chi connectivity index (χ1v) is 8.36. The Morgan fingerprint density at radius 3 is 2.64 bits per heavy atom. The molecule has 0 aliphatic rings. The Morgan fingerprint density at radius 1 is 1.21 bits per heavy atom. The summed E-state index contributed by atoms with van der Waals surface area (Å²) < 4.78 is 14.6. The summed E-state index contributed by atoms with van der Waals surface area (Å²) in [6, 6.07) is 7.74. The van der Waals surface area contributed by atoms with Crippen LogP contribution in [0.25, 0.3) is 22.3 Å². The van der Waals surface area contributed by atoms with Gasteiger partial charge in [0.2, 0.25) is 0 Å². The topological polar surface area (TPSA) is 107 Å². The summed E-state index contributed by atoms with van der Waals surface area (Å²) in [6.07, 6.45) is 6.69. The smallest absolute Gasteiger partial charge is 0.339 e. The molecule has 0 aliphatic heterocycles. The van der Waals surface area contributed by atoms with E-state index in [0.717, 1.165) is 16.5 Å². The molecule has 3 N–H and O–H groups in total. The van der Waals surface area contributed by atoms with E-state index < -0.39 is 5.97 Å². The van der Waals surface area contributed by atoms with E-state index in [-0.39, 0.29) is 11.4 Å². The lowest BCUT2D eigenvalue weighted by molar-refractivity contribution is 0.0695. The van der Waals surface area contributed by atoms with Crippen molar-refractivity contribution in [3.8, 4) is 11.4 Å². The number of carboxylic acids is 1. The van der Waals surface area contributed by atoms with Crippen molar-refractivity contribution in [2.75, 3.05) is 5.84 Å². The van der Waals surface area contributed by atoms with E-state index in [1.54, 1.807) is 29.9 Å². The van der Waals surface area contributed by atoms with Gasteiger partial charge in [-0.25, -0.2) is 19.2 Å². The van der Waals surface area contributed by atoms with Gasteiger partial charge in [-0.15, -0.1) is 0 Å². The van der Waals surface area contributed by atoms with Gasteiger partial charge in [0.15, 0.2) is 5.82 Å². The quantitative estimate of drug-likeness (QED) is 0.517. The third-order valence-electron chi connectivity index (χ3n) is 4.13. The average Bonchev–Trinajstić information content (AvgIpc) is 2.96. The molecule has 1 aromatic carbocycles. The number of aryl methyl sites for hydroxylation is 2. The van der Waals surface area contributed by atoms with Crippen molar-refractivity contribution >= 4 is 16.9 Å². The number of aromatic nitrogens is 4. The van der Waals surface area contributed by atoms with E-state index in [1.807, 2.05) is 25.4 Å². The molecule has 8 heteroatoms. The van der Waals surface area contributed by atoms with Crippen LogP contribution in [0.5, 0.6) is 0 Å². The van der Waals surface area contributed by atoms with E-state index >= 15 is 0 Å². The second-order valence-electron chi connectivity index (χ2n) is 6.12. The summed E-state index contributed by atoms with van der Waals surface area (Å²) in [7, 11) is 0. The zero-order valence-electron chi connectivity index (χ0n) is 15.3. The third kappa shape index (κ3) is 3.96. The van der Waals surface area contributed by atoms with Gasteiger partial charge in [0.05, 0.1) is 16.8 Å². The molecule has 0 bridgehead atoms. The van der Waals surface area contributed by atoms with Crippen molar-refractivity contribution in [3.05, 3.63) is 77.8 Å². The Balaban J connectivity index is 0.000000176. The van der Waals surface area contributed by atoms with E-state index in [1.165, 1.54) is 18.3 Å². The molecular formula is C20H18FN5O2. The number of aromatic carboxylic acids is 1. The van der Waals surface area contributed by atoms with E-state index in [4.69, 9.17) is 10.9 Å². The molecule has 0 saturated heterocycles. The Kier molecular flexibility index (Phi) is 5.30. The minimum Gasteiger partial charge on any atom is -0.478 e. The third-order valence-corrected chi connectivity index (χ3v) is 4.13. The molecular weight excluding hydrogens is 361 g/mol. The highest BCUT2D eigenvalue weighted by Crippen LogP contribution is 2.17. The Labute approximate surface area is 160 Å². The van der Waals surface area contributed by atoms with E-state index in [0.29, 0.717) is 17.1 Å². The van der Waals surface area contributed by atoms with Gasteiger partial charge >= 0.3 is 5.97 Å². The molecule has 0 spiro atoms. The van der Waals surface area contributed by atoms with Gasteiger partial charge in [-0.05, 0) is 37.6 Å². The normalized spacial score (nSPS) is 10.4. The number of nitrogen functional groups attached to an aromatic ring is 1. The number of halogens is 1. The Morgan fingerprint density at radius 2 is 2.00 bits per heavy atom. The van der Waals surface area contributed by atoms with Crippen molar-refractivity contribution in [2.24, 2.45) is 0 Å². The standard InChI is InChI=1S/C12H9FN2O2.C8H9N3/c1-7-10(12(16)17)6-14-11(15-7)8-3-2-4-9(13)5-8;1-6-5-11(9)8-2-3-10-4-7(6)8/h2-6H,1H3,(H,16,17);2-5H,9H2,1H3. The first kappa shape index (κ1) is 19.0. The molecule has 3 heterocycles. The van der Waals surface area contributed by atoms with Gasteiger partial charge < -0.3 is 10.9 Å². The van der Waals surface area contributed by atoms with Gasteiger partial charge in [-0.3, -0.25) is 9.66 Å². The number of nitrogens with zero attached hydrogens (tertiary/aromatic N) is 4. The molecule has 7 nitrogen and oxygen atoms in total. The van der Waals surface area contributed by atoms with Crippen LogP contribution in [0, 0.1) is 19.7 Å². The van der Waals surface area contributed by atoms with Crippen LogP contribution < -0.4 is 5.84 Å². The minimum atomic E-state index is -1.08. The monoisotopic (exact) mass is 379 g/mol. The highest BCUT2D eigenvalue weighted by atomic mass is 19.1. The number of carboxylic acid groups (broad SMARTS) is 1. The molecule has 142 valence electrons. The van der Waals surface area contributed by atoms with Crippen LogP contribution in [0.3, 0.4) is 0 Å². The number of hydrogen-bond donors (Lipinski definition) is 2. The fourth-order valence-corrected chi connectivity index (χ4v) is 2.71. The summed E-state index contributed by atoms with van der Waals surface area (Å²) >= 11 is 0. The molecule has 0 unspecified atom stereocenters. The number of carbonyl (C=O) groups is 1. The highest BCUT2D eigenvalue weighted by molar-refractivity contribution is 5.88. The van der Waals surface area contributed by atoms with E-state index in [9.17, 15) is 9.18 Å². The lowest BCUT2D eigenvalue weighted by atomic mass is 10.2. The van der Waals surface area contributed by atoms with Crippen LogP contribution in [-0.2, 0) is 0 Å². The van der Waals surface area contributed by atoms with Crippen LogP contribution in [0.2, 0.25) is 0 Å². The Hall–Kier alpha value is -3.81. The number of rotatable bonds is 2. The van der Waals surface area contributed by atoms with Crippen molar-refractivity contribution < 1.29 is 14.3 Å². The second kappa shape index (κ2) is 7.83. The van der Waals surface area contributed by atoms with Gasteiger partial charge in [-0.2, -0.15) is 0 Å². The van der Waals surface area contributed by atoms with Crippen molar-refractivity contribution in [1.29, 1.82) is 0 Å². The number of hydrogen-bond acceptors (Lipinski definition) is 5. The minimum absolute atomic E-state index is 0.0464. The SMILES string of the molecule is Cc1cn(N)c2ccncc12.Cc1nc(-c2cccc(F)c2)ncc1C(=O)O. The highest BCUT2D eigenvalue weighted by Gasteiger charge is 2.11. The largest absolute Gasteiger partial charge is 0.478 e. The summed E-state index contributed by atoms with van der Waals surface area (Å²) in [5, 5.41) is 9.95. The molecule has 0 aliphatic carbocycles. The first-order chi connectivity index (χ1) is 13.4. The maximum absolute atomic E-state index is 13.0. The molecule has 0 saturated carbocycles. The van der Waals surface area contributed by atoms with Crippen LogP contribution in [0.4, 0.5) is 4.39 Å². The summed E-state index contributed by atoms with van der Waals surface area (Å²) in [6.45, 7) is 3.60. The van der Waals surface area contributed by atoms with Crippen LogP contribution in [-0.4, -0.2) is 30.7 Å². The Bertz CT molecular complexity index is 1120. The molecule has 0 radical (unpaired) electrons. The van der Waals surface area contributed by atoms with Gasteiger partial charge in [0.1, 0.15) is 5.82 Å². The number of nitrogens with two attached hydrogens (primary N) is 1. The summed E-state index contributed by atoms with van der Waals surface area (Å²) in [5.74, 6) is 4.52. The van der Waals surface area contributed by atoms with Crippen LogP contribution in [0.15, 0.2) is 55.1 Å². The molecule has 0 amide bonds. The number of fused-ring (bicyclic) bond motifs is 1. The average molecular weight is 379 g/mol. The summed E-state index contributed by atoms with van der Waals surface area (Å²) in [4.78, 5) is 22.8. The zero-order chi connectivity index (χ0) is 20.3. The second-order valence-corrected chi connectivity index (χ2v) is 6.12. The first-order valence-electron chi connectivity index (χ1n) is 8.36. The summed E-state index contributed by atoms with van der Waals surface area (Å²) in [5.41, 5.74) is 3.11. The predicted molar refractivity (Wildman–Crippen MR) is 104 cm³/mol. The number of pyridine rings is 1. The molecule has 4 aromatic rings. The van der Waals surface area contributed by atoms with Gasteiger partial charge in [-0.1, -0.05) is 12.1 Å². The van der Waals surface area contributed by atoms with Gasteiger partial charge in [0, 0.05) is 35.7 Å². The fourth-order valence-electron chi connectivity index (χ4n) is 2.71. The number of benzene rings is 1. The maximum atomic E-state index is 13.0. The molecule has 0 fully saturated rings. The zero-order valence-corrected chi connectivity index (χ0v) is 15.3. The predicted octanol–water partition coefficient (Wildman–Crippen LogP) is 3.35.